The number of aromatic nitrogens is 1. The maximum absolute atomic E-state index is 13.6. The van der Waals surface area contributed by atoms with Gasteiger partial charge in [0.25, 0.3) is 0 Å². The average molecular weight is 524 g/mol. The number of methoxy groups -OCH3 is 1. The molecule has 1 atom stereocenters. The number of Topliss-reactive ketones (excluding diaryl/α,β-unsaturated/α-hetero) is 1. The summed E-state index contributed by atoms with van der Waals surface area (Å²) in [6.45, 7) is 7.49. The number of carbonyl (C=O) groups is 2. The first-order chi connectivity index (χ1) is 18.5. The minimum absolute atomic E-state index is 0.0371. The molecule has 1 aliphatic rings. The third-order valence-electron chi connectivity index (χ3n) is 7.22. The number of hydrogen-bond acceptors (Lipinski definition) is 7. The normalized spacial score (nSPS) is 16.7. The van der Waals surface area contributed by atoms with Gasteiger partial charge in [0.2, 0.25) is 5.78 Å². The van der Waals surface area contributed by atoms with Gasteiger partial charge in [0.05, 0.1) is 23.9 Å². The zero-order valence-electron chi connectivity index (χ0n) is 23.0. The summed E-state index contributed by atoms with van der Waals surface area (Å²) in [6.07, 6.45) is 3.55. The molecular formula is C32H33N3O4. The van der Waals surface area contributed by atoms with E-state index in [-0.39, 0.29) is 22.6 Å². The number of fused-ring (bicyclic) bond motifs is 2. The second kappa shape index (κ2) is 11.1. The summed E-state index contributed by atoms with van der Waals surface area (Å²) in [5, 5.41) is 9.93. The van der Waals surface area contributed by atoms with Crippen LogP contribution in [0.15, 0.2) is 59.8 Å². The Labute approximate surface area is 228 Å². The fourth-order valence-corrected chi connectivity index (χ4v) is 4.92. The van der Waals surface area contributed by atoms with Crippen LogP contribution in [-0.4, -0.2) is 30.5 Å². The molecule has 4 rings (SSSR count). The summed E-state index contributed by atoms with van der Waals surface area (Å²) in [7, 11) is 1.64. The smallest absolute Gasteiger partial charge is 0.339 e. The van der Waals surface area contributed by atoms with Crippen molar-refractivity contribution in [1.29, 1.82) is 5.26 Å². The van der Waals surface area contributed by atoms with Gasteiger partial charge in [-0.2, -0.15) is 5.26 Å². The third-order valence-corrected chi connectivity index (χ3v) is 7.22. The number of esters is 1. The minimum Gasteiger partial charge on any atom is -0.497 e. The maximum atomic E-state index is 13.6. The van der Waals surface area contributed by atoms with Crippen LogP contribution >= 0.6 is 0 Å². The van der Waals surface area contributed by atoms with Crippen LogP contribution in [0.3, 0.4) is 0 Å². The van der Waals surface area contributed by atoms with E-state index in [2.05, 4.69) is 26.8 Å². The number of benzene rings is 2. The third kappa shape index (κ3) is 5.85. The number of allylic oxidation sites excluding steroid dienone is 2. The van der Waals surface area contributed by atoms with Crippen LogP contribution in [-0.2, 0) is 16.0 Å². The van der Waals surface area contributed by atoms with E-state index in [0.717, 1.165) is 34.6 Å². The Morgan fingerprint density at radius 1 is 1.13 bits per heavy atom. The number of hydrogen-bond donors (Lipinski definition) is 1. The summed E-state index contributed by atoms with van der Waals surface area (Å²) in [5.74, 6) is -0.246. The average Bonchev–Trinajstić information content (AvgIpc) is 2.90. The predicted octanol–water partition coefficient (Wildman–Crippen LogP) is 5.87. The summed E-state index contributed by atoms with van der Waals surface area (Å²) in [6, 6.07) is 17.1. The van der Waals surface area contributed by atoms with E-state index in [1.54, 1.807) is 13.2 Å². The molecule has 0 bridgehead atoms. The van der Waals surface area contributed by atoms with Crippen LogP contribution < -0.4 is 10.5 Å². The molecule has 3 aromatic rings. The zero-order chi connectivity index (χ0) is 28.3. The number of nitrogens with zero attached hydrogens (tertiary/aromatic N) is 2. The van der Waals surface area contributed by atoms with Gasteiger partial charge in [0, 0.05) is 11.1 Å². The van der Waals surface area contributed by atoms with Crippen molar-refractivity contribution in [3.8, 4) is 11.8 Å². The fraction of sp³-hybridized carbons (Fsp3) is 0.312. The molecule has 0 unspecified atom stereocenters. The monoisotopic (exact) mass is 523 g/mol. The number of pyridine rings is 1. The molecule has 39 heavy (non-hydrogen) atoms. The van der Waals surface area contributed by atoms with Crippen LogP contribution in [0.4, 0.5) is 0 Å². The highest BCUT2D eigenvalue weighted by atomic mass is 16.5. The van der Waals surface area contributed by atoms with Gasteiger partial charge in [-0.25, -0.2) is 9.78 Å². The second-order valence-electron chi connectivity index (χ2n) is 10.9. The van der Waals surface area contributed by atoms with Crippen molar-refractivity contribution in [3.05, 3.63) is 82.2 Å². The number of para-hydroxylation sites is 1. The molecule has 7 heteroatoms. The van der Waals surface area contributed by atoms with Crippen LogP contribution in [0.2, 0.25) is 0 Å². The van der Waals surface area contributed by atoms with Crippen molar-refractivity contribution in [2.24, 2.45) is 17.1 Å². The molecule has 1 aliphatic carbocycles. The van der Waals surface area contributed by atoms with Crippen molar-refractivity contribution >= 4 is 34.3 Å². The molecule has 0 saturated carbocycles. The first-order valence-electron chi connectivity index (χ1n) is 12.9. The van der Waals surface area contributed by atoms with Crippen LogP contribution in [0, 0.1) is 22.7 Å². The van der Waals surface area contributed by atoms with Crippen LogP contribution in [0.25, 0.3) is 22.6 Å². The molecule has 2 N–H and O–H groups in total. The number of ether oxygens (including phenoxy) is 2. The number of rotatable bonds is 6. The van der Waals surface area contributed by atoms with Gasteiger partial charge < -0.3 is 15.2 Å². The lowest BCUT2D eigenvalue weighted by Crippen LogP contribution is -2.29. The quantitative estimate of drug-likeness (QED) is 0.244. The summed E-state index contributed by atoms with van der Waals surface area (Å²) < 4.78 is 10.8. The number of carbonyl (C=O) groups excluding carboxylic acids is 2. The lowest BCUT2D eigenvalue weighted by molar-refractivity contribution is -0.118. The SMILES string of the molecule is COc1ccc(/C=C2\C[C@H](C(C)(C)C)Cc3c2nc2ccccc2c3C(=O)OCC(=O)/C(C#N)=C(\C)N)cc1. The Morgan fingerprint density at radius 2 is 1.82 bits per heavy atom. The molecule has 0 amide bonds. The van der Waals surface area contributed by atoms with Gasteiger partial charge in [-0.05, 0) is 72.1 Å². The zero-order valence-corrected chi connectivity index (χ0v) is 23.0. The molecule has 0 fully saturated rings. The fourth-order valence-electron chi connectivity index (χ4n) is 4.92. The van der Waals surface area contributed by atoms with E-state index in [9.17, 15) is 14.9 Å². The molecule has 0 radical (unpaired) electrons. The highest BCUT2D eigenvalue weighted by Crippen LogP contribution is 2.45. The number of ketones is 1. The molecule has 1 heterocycles. The van der Waals surface area contributed by atoms with E-state index < -0.39 is 18.4 Å². The van der Waals surface area contributed by atoms with Gasteiger partial charge >= 0.3 is 5.97 Å². The topological polar surface area (TPSA) is 115 Å². The molecule has 0 saturated heterocycles. The lowest BCUT2D eigenvalue weighted by Gasteiger charge is -2.36. The van der Waals surface area contributed by atoms with E-state index in [1.165, 1.54) is 6.92 Å². The summed E-state index contributed by atoms with van der Waals surface area (Å²) in [5.41, 5.74) is 10.2. The molecule has 0 spiro atoms. The second-order valence-corrected chi connectivity index (χ2v) is 10.9. The maximum Gasteiger partial charge on any atom is 0.339 e. The number of nitriles is 1. The Kier molecular flexibility index (Phi) is 7.87. The van der Waals surface area contributed by atoms with Gasteiger partial charge in [-0.1, -0.05) is 51.1 Å². The summed E-state index contributed by atoms with van der Waals surface area (Å²) in [4.78, 5) is 31.2. The van der Waals surface area contributed by atoms with Crippen molar-refractivity contribution in [2.45, 2.75) is 40.5 Å². The van der Waals surface area contributed by atoms with E-state index in [0.29, 0.717) is 22.9 Å². The highest BCUT2D eigenvalue weighted by molar-refractivity contribution is 6.08. The highest BCUT2D eigenvalue weighted by Gasteiger charge is 2.35. The molecular weight excluding hydrogens is 490 g/mol. The first kappa shape index (κ1) is 27.6. The predicted molar refractivity (Wildman–Crippen MR) is 152 cm³/mol. The molecule has 0 aliphatic heterocycles. The Hall–Kier alpha value is -4.44. The van der Waals surface area contributed by atoms with Crippen molar-refractivity contribution in [1.82, 2.24) is 4.98 Å². The van der Waals surface area contributed by atoms with E-state index in [1.807, 2.05) is 48.5 Å². The van der Waals surface area contributed by atoms with Crippen LogP contribution in [0.5, 0.6) is 5.75 Å². The van der Waals surface area contributed by atoms with Crippen molar-refractivity contribution in [3.63, 3.8) is 0 Å². The van der Waals surface area contributed by atoms with Gasteiger partial charge in [0.15, 0.2) is 6.61 Å². The Balaban J connectivity index is 1.85. The lowest BCUT2D eigenvalue weighted by atomic mass is 9.69. The Morgan fingerprint density at radius 3 is 2.44 bits per heavy atom. The van der Waals surface area contributed by atoms with E-state index in [4.69, 9.17) is 20.2 Å². The largest absolute Gasteiger partial charge is 0.497 e. The first-order valence-corrected chi connectivity index (χ1v) is 12.9. The molecule has 2 aromatic carbocycles. The van der Waals surface area contributed by atoms with Gasteiger partial charge in [-0.3, -0.25) is 4.79 Å². The van der Waals surface area contributed by atoms with Crippen molar-refractivity contribution < 1.29 is 19.1 Å². The van der Waals surface area contributed by atoms with Gasteiger partial charge in [0.1, 0.15) is 17.4 Å². The Bertz CT molecular complexity index is 1530. The summed E-state index contributed by atoms with van der Waals surface area (Å²) >= 11 is 0. The van der Waals surface area contributed by atoms with Crippen molar-refractivity contribution in [2.75, 3.05) is 13.7 Å². The molecule has 200 valence electrons. The standard InChI is InChI=1S/C32H33N3O4/c1-19(34)26(17-33)28(36)18-39-31(37)29-24-8-6-7-9-27(24)35-30-21(14-20-10-12-23(38-5)13-11-20)15-22(16-25(29)30)32(2,3)4/h6-14,22H,15-16,18,34H2,1-5H3/b21-14+,26-19+/t22-/m0/s1. The molecule has 1 aromatic heterocycles. The van der Waals surface area contributed by atoms with Gasteiger partial charge in [-0.15, -0.1) is 0 Å². The molecule has 7 nitrogen and oxygen atoms in total. The number of nitrogens with two attached hydrogens (primary N) is 1. The minimum atomic E-state index is -0.634. The van der Waals surface area contributed by atoms with Crippen LogP contribution in [0.1, 0.15) is 61.3 Å². The van der Waals surface area contributed by atoms with E-state index >= 15 is 0 Å².